The van der Waals surface area contributed by atoms with E-state index < -0.39 is 0 Å². The van der Waals surface area contributed by atoms with Crippen molar-refractivity contribution in [2.45, 2.75) is 11.8 Å². The van der Waals surface area contributed by atoms with Gasteiger partial charge in [0.05, 0.1) is 4.88 Å². The molecule has 1 aromatic carbocycles. The lowest BCUT2D eigenvalue weighted by Crippen LogP contribution is -1.83. The number of hydrogen-bond donors (Lipinski definition) is 0. The first-order chi connectivity index (χ1) is 7.70. The molecule has 0 radical (unpaired) electrons. The van der Waals surface area contributed by atoms with Crippen LogP contribution in [0.5, 0.6) is 0 Å². The van der Waals surface area contributed by atoms with Gasteiger partial charge in [-0.15, -0.1) is 23.1 Å². The highest BCUT2D eigenvalue weighted by Crippen LogP contribution is 2.29. The molecule has 0 atom stereocenters. The molecule has 0 N–H and O–H groups in total. The summed E-state index contributed by atoms with van der Waals surface area (Å²) in [5.41, 5.74) is 1.18. The summed E-state index contributed by atoms with van der Waals surface area (Å²) < 4.78 is 0. The second-order valence-electron chi connectivity index (χ2n) is 3.45. The molecule has 3 heteroatoms. The number of Topliss-reactive ketones (excluding diaryl/α,β-unsaturated/α-hetero) is 1. The van der Waals surface area contributed by atoms with Gasteiger partial charge in [-0.05, 0) is 43.0 Å². The van der Waals surface area contributed by atoms with Gasteiger partial charge in [0.2, 0.25) is 0 Å². The van der Waals surface area contributed by atoms with E-state index in [9.17, 15) is 4.79 Å². The molecule has 16 heavy (non-hydrogen) atoms. The maximum Gasteiger partial charge on any atom is 0.169 e. The predicted octanol–water partition coefficient (Wildman–Crippen LogP) is 4.34. The molecule has 0 amide bonds. The first-order valence-corrected chi connectivity index (χ1v) is 7.00. The molecule has 0 bridgehead atoms. The summed E-state index contributed by atoms with van der Waals surface area (Å²) in [4.78, 5) is 14.4. The number of carbonyl (C=O) groups excluding carboxylic acids is 1. The van der Waals surface area contributed by atoms with Gasteiger partial charge in [-0.2, -0.15) is 0 Å². The third-order valence-electron chi connectivity index (χ3n) is 2.33. The molecule has 0 unspecified atom stereocenters. The van der Waals surface area contributed by atoms with Gasteiger partial charge in [0.25, 0.3) is 0 Å². The highest BCUT2D eigenvalue weighted by atomic mass is 32.2. The van der Waals surface area contributed by atoms with Crippen LogP contribution in [-0.2, 0) is 0 Å². The van der Waals surface area contributed by atoms with Crippen molar-refractivity contribution >= 4 is 28.9 Å². The molecule has 2 aromatic rings. The summed E-state index contributed by atoms with van der Waals surface area (Å²) >= 11 is 3.28. The maximum atomic E-state index is 11.2. The zero-order valence-electron chi connectivity index (χ0n) is 9.19. The van der Waals surface area contributed by atoms with E-state index in [1.807, 2.05) is 12.1 Å². The number of carbonyl (C=O) groups is 1. The Morgan fingerprint density at radius 3 is 2.31 bits per heavy atom. The summed E-state index contributed by atoms with van der Waals surface area (Å²) in [5, 5.41) is 0. The smallest absolute Gasteiger partial charge is 0.169 e. The molecule has 1 heterocycles. The van der Waals surface area contributed by atoms with E-state index in [2.05, 4.69) is 30.5 Å². The number of thiophene rings is 1. The van der Waals surface area contributed by atoms with Gasteiger partial charge in [0.15, 0.2) is 5.78 Å². The molecule has 1 nitrogen and oxygen atoms in total. The van der Waals surface area contributed by atoms with Crippen LogP contribution < -0.4 is 0 Å². The minimum absolute atomic E-state index is 0.136. The molecule has 0 saturated carbocycles. The fourth-order valence-electron chi connectivity index (χ4n) is 1.44. The van der Waals surface area contributed by atoms with Crippen LogP contribution in [0, 0.1) is 0 Å². The Balaban J connectivity index is 2.31. The Hall–Kier alpha value is -1.06. The zero-order chi connectivity index (χ0) is 11.5. The van der Waals surface area contributed by atoms with E-state index in [0.717, 1.165) is 9.75 Å². The Labute approximate surface area is 104 Å². The lowest BCUT2D eigenvalue weighted by Gasteiger charge is -1.99. The molecule has 82 valence electrons. The quantitative estimate of drug-likeness (QED) is 0.593. The first kappa shape index (κ1) is 11.4. The number of benzene rings is 1. The van der Waals surface area contributed by atoms with Crippen LogP contribution in [0.1, 0.15) is 16.6 Å². The Bertz CT molecular complexity index is 497. The fraction of sp³-hybridized carbons (Fsp3) is 0.154. The second kappa shape index (κ2) is 4.85. The van der Waals surface area contributed by atoms with E-state index in [1.165, 1.54) is 10.5 Å². The standard InChI is InChI=1S/C13H12OS2/c1-9(14)12-7-8-13(16-12)10-3-5-11(15-2)6-4-10/h3-8H,1-2H3. The lowest BCUT2D eigenvalue weighted by molar-refractivity contribution is 0.102. The van der Waals surface area contributed by atoms with Crippen LogP contribution in [-0.4, -0.2) is 12.0 Å². The fourth-order valence-corrected chi connectivity index (χ4v) is 2.75. The third kappa shape index (κ3) is 2.36. The minimum Gasteiger partial charge on any atom is -0.294 e. The van der Waals surface area contributed by atoms with Crippen molar-refractivity contribution in [1.82, 2.24) is 0 Å². The van der Waals surface area contributed by atoms with E-state index in [-0.39, 0.29) is 5.78 Å². The minimum atomic E-state index is 0.136. The summed E-state index contributed by atoms with van der Waals surface area (Å²) in [6.45, 7) is 1.60. The van der Waals surface area contributed by atoms with E-state index in [0.29, 0.717) is 0 Å². The monoisotopic (exact) mass is 248 g/mol. The molecule has 2 rings (SSSR count). The van der Waals surface area contributed by atoms with Crippen LogP contribution in [0.4, 0.5) is 0 Å². The highest BCUT2D eigenvalue weighted by Gasteiger charge is 2.05. The lowest BCUT2D eigenvalue weighted by atomic mass is 10.2. The van der Waals surface area contributed by atoms with Crippen LogP contribution in [0.25, 0.3) is 10.4 Å². The van der Waals surface area contributed by atoms with Crippen molar-refractivity contribution in [3.05, 3.63) is 41.3 Å². The molecular formula is C13H12OS2. The number of ketones is 1. The molecule has 0 saturated heterocycles. The van der Waals surface area contributed by atoms with Crippen LogP contribution in [0.2, 0.25) is 0 Å². The molecular weight excluding hydrogens is 236 g/mol. The average molecular weight is 248 g/mol. The maximum absolute atomic E-state index is 11.2. The second-order valence-corrected chi connectivity index (χ2v) is 5.41. The first-order valence-electron chi connectivity index (χ1n) is 4.96. The van der Waals surface area contributed by atoms with Crippen molar-refractivity contribution in [2.24, 2.45) is 0 Å². The summed E-state index contributed by atoms with van der Waals surface area (Å²) in [7, 11) is 0. The van der Waals surface area contributed by atoms with Crippen LogP contribution in [0.3, 0.4) is 0 Å². The number of rotatable bonds is 3. The van der Waals surface area contributed by atoms with Gasteiger partial charge in [-0.1, -0.05) is 12.1 Å². The van der Waals surface area contributed by atoms with Gasteiger partial charge in [-0.3, -0.25) is 4.79 Å². The normalized spacial score (nSPS) is 10.4. The van der Waals surface area contributed by atoms with E-state index in [1.54, 1.807) is 30.0 Å². The predicted molar refractivity (Wildman–Crippen MR) is 71.5 cm³/mol. The summed E-state index contributed by atoms with van der Waals surface area (Å²) in [6.07, 6.45) is 2.06. The van der Waals surface area contributed by atoms with E-state index in [4.69, 9.17) is 0 Å². The van der Waals surface area contributed by atoms with Crippen molar-refractivity contribution in [1.29, 1.82) is 0 Å². The Morgan fingerprint density at radius 2 is 1.81 bits per heavy atom. The van der Waals surface area contributed by atoms with Crippen molar-refractivity contribution < 1.29 is 4.79 Å². The molecule has 1 aromatic heterocycles. The van der Waals surface area contributed by atoms with Gasteiger partial charge in [0.1, 0.15) is 0 Å². The largest absolute Gasteiger partial charge is 0.294 e. The Kier molecular flexibility index (Phi) is 3.46. The molecule has 0 aliphatic heterocycles. The van der Waals surface area contributed by atoms with Gasteiger partial charge >= 0.3 is 0 Å². The zero-order valence-corrected chi connectivity index (χ0v) is 10.8. The average Bonchev–Trinajstić information content (AvgIpc) is 2.78. The molecule has 0 spiro atoms. The van der Waals surface area contributed by atoms with E-state index >= 15 is 0 Å². The number of thioether (sulfide) groups is 1. The molecule has 0 aliphatic rings. The van der Waals surface area contributed by atoms with Gasteiger partial charge in [-0.25, -0.2) is 0 Å². The van der Waals surface area contributed by atoms with Gasteiger partial charge in [0, 0.05) is 9.77 Å². The third-order valence-corrected chi connectivity index (χ3v) is 4.31. The topological polar surface area (TPSA) is 17.1 Å². The van der Waals surface area contributed by atoms with Crippen molar-refractivity contribution in [2.75, 3.05) is 6.26 Å². The van der Waals surface area contributed by atoms with Crippen LogP contribution >= 0.6 is 23.1 Å². The van der Waals surface area contributed by atoms with Gasteiger partial charge < -0.3 is 0 Å². The summed E-state index contributed by atoms with van der Waals surface area (Å²) in [5.74, 6) is 0.136. The Morgan fingerprint density at radius 1 is 1.12 bits per heavy atom. The van der Waals surface area contributed by atoms with Crippen LogP contribution in [0.15, 0.2) is 41.3 Å². The highest BCUT2D eigenvalue weighted by molar-refractivity contribution is 7.98. The molecule has 0 fully saturated rings. The molecule has 0 aliphatic carbocycles. The number of hydrogen-bond acceptors (Lipinski definition) is 3. The van der Waals surface area contributed by atoms with Crippen molar-refractivity contribution in [3.63, 3.8) is 0 Å². The summed E-state index contributed by atoms with van der Waals surface area (Å²) in [6, 6.07) is 12.3. The SMILES string of the molecule is CSc1ccc(-c2ccc(C(C)=O)s2)cc1. The van der Waals surface area contributed by atoms with Crippen molar-refractivity contribution in [3.8, 4) is 10.4 Å².